The molecule has 0 saturated carbocycles. The van der Waals surface area contributed by atoms with E-state index < -0.39 is 11.6 Å². The van der Waals surface area contributed by atoms with Crippen molar-refractivity contribution in [3.05, 3.63) is 82.9 Å². The highest BCUT2D eigenvalue weighted by Gasteiger charge is 2.21. The van der Waals surface area contributed by atoms with Gasteiger partial charge in [-0.1, -0.05) is 0 Å². The molecule has 0 saturated heterocycles. The molecule has 0 atom stereocenters. The lowest BCUT2D eigenvalue weighted by Gasteiger charge is -2.16. The van der Waals surface area contributed by atoms with Crippen molar-refractivity contribution in [3.8, 4) is 0 Å². The van der Waals surface area contributed by atoms with Crippen LogP contribution in [0.1, 0.15) is 28.4 Å². The van der Waals surface area contributed by atoms with Gasteiger partial charge in [0.15, 0.2) is 0 Å². The maximum Gasteiger partial charge on any atom is 0.129 e. The Balaban J connectivity index is 2.16. The molecule has 0 unspecified atom stereocenters. The Labute approximate surface area is 115 Å². The first-order valence-electron chi connectivity index (χ1n) is 6.39. The zero-order valence-electron chi connectivity index (χ0n) is 11.0. The Kier molecular flexibility index (Phi) is 3.14. The summed E-state index contributed by atoms with van der Waals surface area (Å²) in [7, 11) is 0. The summed E-state index contributed by atoms with van der Waals surface area (Å²) < 4.78 is 27.6. The first-order chi connectivity index (χ1) is 9.66. The third-order valence-electron chi connectivity index (χ3n) is 3.50. The van der Waals surface area contributed by atoms with E-state index in [-0.39, 0.29) is 11.5 Å². The van der Waals surface area contributed by atoms with Crippen LogP contribution in [0.2, 0.25) is 0 Å². The second-order valence-corrected chi connectivity index (χ2v) is 4.79. The number of hydrogen-bond donors (Lipinski definition) is 2. The van der Waals surface area contributed by atoms with Crippen LogP contribution in [0, 0.1) is 18.6 Å². The summed E-state index contributed by atoms with van der Waals surface area (Å²) in [5.41, 5.74) is 2.39. The third kappa shape index (κ3) is 2.13. The fourth-order valence-electron chi connectivity index (χ4n) is 2.41. The number of rotatable bonds is 3. The van der Waals surface area contributed by atoms with Gasteiger partial charge in [0.1, 0.15) is 11.6 Å². The second-order valence-electron chi connectivity index (χ2n) is 4.79. The number of hydrogen-bond acceptors (Lipinski definition) is 0. The van der Waals surface area contributed by atoms with Gasteiger partial charge >= 0.3 is 0 Å². The van der Waals surface area contributed by atoms with Gasteiger partial charge in [-0.25, -0.2) is 8.78 Å². The summed E-state index contributed by atoms with van der Waals surface area (Å²) in [6.45, 7) is 1.44. The van der Waals surface area contributed by atoms with Crippen LogP contribution in [0.5, 0.6) is 0 Å². The van der Waals surface area contributed by atoms with Crippen molar-refractivity contribution in [2.24, 2.45) is 0 Å². The normalized spacial score (nSPS) is 11.2. The molecule has 4 heteroatoms. The lowest BCUT2D eigenvalue weighted by molar-refractivity contribution is 0.563. The molecule has 3 rings (SSSR count). The van der Waals surface area contributed by atoms with E-state index in [0.717, 1.165) is 11.4 Å². The number of benzene rings is 1. The van der Waals surface area contributed by atoms with Gasteiger partial charge in [-0.15, -0.1) is 0 Å². The lowest BCUT2D eigenvalue weighted by Crippen LogP contribution is -2.06. The van der Waals surface area contributed by atoms with Crippen LogP contribution in [0.3, 0.4) is 0 Å². The summed E-state index contributed by atoms with van der Waals surface area (Å²) >= 11 is 0. The van der Waals surface area contributed by atoms with E-state index in [1.54, 1.807) is 12.4 Å². The van der Waals surface area contributed by atoms with E-state index in [0.29, 0.717) is 5.56 Å². The molecule has 0 bridgehead atoms. The van der Waals surface area contributed by atoms with Crippen LogP contribution in [-0.4, -0.2) is 9.97 Å². The second kappa shape index (κ2) is 4.96. The Hall–Kier alpha value is -2.36. The van der Waals surface area contributed by atoms with Gasteiger partial charge in [-0.05, 0) is 48.9 Å². The van der Waals surface area contributed by atoms with Gasteiger partial charge in [0.2, 0.25) is 0 Å². The average molecular weight is 272 g/mol. The molecule has 0 radical (unpaired) electrons. The van der Waals surface area contributed by atoms with Crippen molar-refractivity contribution in [1.29, 1.82) is 0 Å². The van der Waals surface area contributed by atoms with Crippen molar-refractivity contribution in [1.82, 2.24) is 9.97 Å². The molecule has 20 heavy (non-hydrogen) atoms. The van der Waals surface area contributed by atoms with E-state index in [1.165, 1.54) is 19.1 Å². The molecule has 2 heterocycles. The van der Waals surface area contributed by atoms with Crippen LogP contribution < -0.4 is 0 Å². The fourth-order valence-corrected chi connectivity index (χ4v) is 2.41. The summed E-state index contributed by atoms with van der Waals surface area (Å²) in [6, 6.07) is 10.3. The van der Waals surface area contributed by atoms with Gasteiger partial charge in [0.05, 0.1) is 5.92 Å². The minimum atomic E-state index is -0.525. The molecule has 3 aromatic rings. The van der Waals surface area contributed by atoms with E-state index >= 15 is 0 Å². The molecule has 0 amide bonds. The fraction of sp³-hybridized carbons (Fsp3) is 0.125. The Morgan fingerprint density at radius 2 is 1.40 bits per heavy atom. The van der Waals surface area contributed by atoms with Crippen molar-refractivity contribution in [3.63, 3.8) is 0 Å². The van der Waals surface area contributed by atoms with E-state index in [9.17, 15) is 8.78 Å². The number of aromatic nitrogens is 2. The highest BCUT2D eigenvalue weighted by molar-refractivity contribution is 5.39. The first kappa shape index (κ1) is 12.7. The van der Waals surface area contributed by atoms with Crippen molar-refractivity contribution >= 4 is 0 Å². The SMILES string of the molecule is Cc1c(F)cc(C(c2ccc[nH]2)c2ccc[nH]2)cc1F. The molecule has 2 N–H and O–H groups in total. The highest BCUT2D eigenvalue weighted by Crippen LogP contribution is 2.31. The average Bonchev–Trinajstić information content (AvgIpc) is 3.09. The van der Waals surface area contributed by atoms with E-state index in [1.807, 2.05) is 24.3 Å². The molecule has 0 aliphatic heterocycles. The maximum atomic E-state index is 13.8. The van der Waals surface area contributed by atoms with Gasteiger partial charge in [0.25, 0.3) is 0 Å². The predicted octanol–water partition coefficient (Wildman–Crippen LogP) is 4.11. The van der Waals surface area contributed by atoms with E-state index in [2.05, 4.69) is 9.97 Å². The summed E-state index contributed by atoms with van der Waals surface area (Å²) in [6.07, 6.45) is 3.60. The lowest BCUT2D eigenvalue weighted by atomic mass is 9.91. The molecule has 2 nitrogen and oxygen atoms in total. The van der Waals surface area contributed by atoms with Gasteiger partial charge in [-0.2, -0.15) is 0 Å². The van der Waals surface area contributed by atoms with Gasteiger partial charge in [-0.3, -0.25) is 0 Å². The Morgan fingerprint density at radius 1 is 0.900 bits per heavy atom. The molecule has 2 aromatic heterocycles. The zero-order valence-corrected chi connectivity index (χ0v) is 11.0. The number of halogens is 2. The van der Waals surface area contributed by atoms with Crippen LogP contribution in [-0.2, 0) is 0 Å². The Morgan fingerprint density at radius 3 is 1.80 bits per heavy atom. The van der Waals surface area contributed by atoms with Crippen molar-refractivity contribution < 1.29 is 8.78 Å². The molecule has 102 valence electrons. The Bertz CT molecular complexity index is 643. The van der Waals surface area contributed by atoms with Crippen LogP contribution in [0.15, 0.2) is 48.8 Å². The maximum absolute atomic E-state index is 13.8. The minimum absolute atomic E-state index is 0.0467. The molecular weight excluding hydrogens is 258 g/mol. The van der Waals surface area contributed by atoms with Crippen LogP contribution in [0.4, 0.5) is 8.78 Å². The molecule has 1 aromatic carbocycles. The first-order valence-corrected chi connectivity index (χ1v) is 6.39. The molecule has 0 spiro atoms. The predicted molar refractivity (Wildman–Crippen MR) is 73.6 cm³/mol. The van der Waals surface area contributed by atoms with Gasteiger partial charge in [0, 0.05) is 29.3 Å². The van der Waals surface area contributed by atoms with E-state index in [4.69, 9.17) is 0 Å². The van der Waals surface area contributed by atoms with Gasteiger partial charge < -0.3 is 9.97 Å². The minimum Gasteiger partial charge on any atom is -0.364 e. The number of H-pyrrole nitrogens is 2. The monoisotopic (exact) mass is 272 g/mol. The number of nitrogens with one attached hydrogen (secondary N) is 2. The summed E-state index contributed by atoms with van der Waals surface area (Å²) in [4.78, 5) is 6.23. The third-order valence-corrected chi connectivity index (χ3v) is 3.50. The number of aromatic amines is 2. The summed E-state index contributed by atoms with van der Waals surface area (Å²) in [5, 5.41) is 0. The molecule has 0 aliphatic carbocycles. The van der Waals surface area contributed by atoms with Crippen LogP contribution in [0.25, 0.3) is 0 Å². The smallest absolute Gasteiger partial charge is 0.129 e. The zero-order chi connectivity index (χ0) is 14.1. The van der Waals surface area contributed by atoms with Crippen LogP contribution >= 0.6 is 0 Å². The molecule has 0 fully saturated rings. The summed E-state index contributed by atoms with van der Waals surface area (Å²) in [5.74, 6) is -1.30. The van der Waals surface area contributed by atoms with Crippen molar-refractivity contribution in [2.45, 2.75) is 12.8 Å². The standard InChI is InChI=1S/C16H14F2N2/c1-10-12(17)8-11(9-13(10)18)16(14-4-2-6-19-14)15-5-3-7-20-15/h2-9,16,19-20H,1H3. The topological polar surface area (TPSA) is 31.6 Å². The highest BCUT2D eigenvalue weighted by atomic mass is 19.1. The largest absolute Gasteiger partial charge is 0.364 e. The van der Waals surface area contributed by atoms with Crippen molar-refractivity contribution in [2.75, 3.05) is 0 Å². The molecular formula is C16H14F2N2. The molecule has 0 aliphatic rings. The quantitative estimate of drug-likeness (QED) is 0.719.